The second-order valence-electron chi connectivity index (χ2n) is 5.46. The number of nitro benzene ring substituents is 1. The van der Waals surface area contributed by atoms with E-state index in [9.17, 15) is 19.7 Å². The lowest BCUT2D eigenvalue weighted by atomic mass is 10.2. The molecule has 0 unspecified atom stereocenters. The molecule has 2 aromatic carbocycles. The van der Waals surface area contributed by atoms with Crippen molar-refractivity contribution in [2.45, 2.75) is 6.04 Å². The predicted octanol–water partition coefficient (Wildman–Crippen LogP) is 2.45. The number of nitrogens with zero attached hydrogens (tertiary/aromatic N) is 2. The predicted molar refractivity (Wildman–Crippen MR) is 97.3 cm³/mol. The molecule has 0 fully saturated rings. The molecular formula is C18H14N4O4. The van der Waals surface area contributed by atoms with Crippen molar-refractivity contribution in [3.63, 3.8) is 0 Å². The summed E-state index contributed by atoms with van der Waals surface area (Å²) in [5.41, 5.74) is 1.28. The van der Waals surface area contributed by atoms with Gasteiger partial charge in [-0.2, -0.15) is 0 Å². The van der Waals surface area contributed by atoms with Crippen molar-refractivity contribution >= 4 is 41.2 Å². The van der Waals surface area contributed by atoms with E-state index >= 15 is 0 Å². The number of non-ortho nitro benzene ring substituents is 1. The maximum atomic E-state index is 12.3. The van der Waals surface area contributed by atoms with Gasteiger partial charge in [-0.1, -0.05) is 30.3 Å². The van der Waals surface area contributed by atoms with E-state index in [0.29, 0.717) is 5.69 Å². The molecule has 1 heterocycles. The number of aliphatic imine (C=N–C) groups is 1. The van der Waals surface area contributed by atoms with Gasteiger partial charge in [-0.25, -0.2) is 0 Å². The van der Waals surface area contributed by atoms with Gasteiger partial charge in [0.25, 0.3) is 11.6 Å². The van der Waals surface area contributed by atoms with Crippen LogP contribution >= 0.6 is 0 Å². The SMILES string of the molecule is O=C(/C=C/c1ccccc1)N[C@H]1C=Nc2ccc([N+](=O)[O-])cc2NC1=O. The van der Waals surface area contributed by atoms with Crippen LogP contribution in [0.5, 0.6) is 0 Å². The number of hydrogen-bond acceptors (Lipinski definition) is 5. The average Bonchev–Trinajstić information content (AvgIpc) is 2.79. The zero-order chi connectivity index (χ0) is 18.5. The summed E-state index contributed by atoms with van der Waals surface area (Å²) in [6, 6.07) is 12.2. The monoisotopic (exact) mass is 350 g/mol. The Morgan fingerprint density at radius 2 is 2.00 bits per heavy atom. The molecule has 0 radical (unpaired) electrons. The summed E-state index contributed by atoms with van der Waals surface area (Å²) in [5, 5.41) is 15.9. The van der Waals surface area contributed by atoms with Crippen molar-refractivity contribution in [3.8, 4) is 0 Å². The van der Waals surface area contributed by atoms with Gasteiger partial charge in [0, 0.05) is 24.4 Å². The summed E-state index contributed by atoms with van der Waals surface area (Å²) in [7, 11) is 0. The van der Waals surface area contributed by atoms with Crippen LogP contribution in [0.15, 0.2) is 59.6 Å². The molecule has 3 rings (SSSR count). The smallest absolute Gasteiger partial charge is 0.271 e. The fourth-order valence-corrected chi connectivity index (χ4v) is 2.32. The van der Waals surface area contributed by atoms with Crippen molar-refractivity contribution in [2.75, 3.05) is 5.32 Å². The number of carbonyl (C=O) groups is 2. The lowest BCUT2D eigenvalue weighted by Crippen LogP contribution is -2.43. The largest absolute Gasteiger partial charge is 0.336 e. The molecule has 2 amide bonds. The summed E-state index contributed by atoms with van der Waals surface area (Å²) in [6.45, 7) is 0. The lowest BCUT2D eigenvalue weighted by molar-refractivity contribution is -0.384. The molecule has 8 nitrogen and oxygen atoms in total. The lowest BCUT2D eigenvalue weighted by Gasteiger charge is -2.11. The quantitative estimate of drug-likeness (QED) is 0.501. The molecule has 0 saturated heterocycles. The molecule has 1 aliphatic heterocycles. The maximum absolute atomic E-state index is 12.3. The van der Waals surface area contributed by atoms with Crippen molar-refractivity contribution in [1.82, 2.24) is 5.32 Å². The van der Waals surface area contributed by atoms with E-state index in [2.05, 4.69) is 15.6 Å². The molecule has 2 N–H and O–H groups in total. The van der Waals surface area contributed by atoms with E-state index in [1.807, 2.05) is 30.3 Å². The first-order valence-corrected chi connectivity index (χ1v) is 7.70. The Morgan fingerprint density at radius 1 is 1.23 bits per heavy atom. The van der Waals surface area contributed by atoms with Crippen molar-refractivity contribution in [3.05, 3.63) is 70.3 Å². The molecule has 8 heteroatoms. The normalized spacial score (nSPS) is 15.8. The number of benzene rings is 2. The zero-order valence-electron chi connectivity index (χ0n) is 13.5. The average molecular weight is 350 g/mol. The number of nitrogens with one attached hydrogen (secondary N) is 2. The Morgan fingerprint density at radius 3 is 2.73 bits per heavy atom. The molecule has 0 aromatic heterocycles. The highest BCUT2D eigenvalue weighted by atomic mass is 16.6. The van der Waals surface area contributed by atoms with E-state index in [4.69, 9.17) is 0 Å². The Labute approximate surface area is 148 Å². The van der Waals surface area contributed by atoms with Crippen LogP contribution in [0.1, 0.15) is 5.56 Å². The van der Waals surface area contributed by atoms with Gasteiger partial charge in [0.2, 0.25) is 5.91 Å². The fourth-order valence-electron chi connectivity index (χ4n) is 2.32. The molecule has 130 valence electrons. The first-order valence-electron chi connectivity index (χ1n) is 7.70. The van der Waals surface area contributed by atoms with Gasteiger partial charge < -0.3 is 10.6 Å². The molecule has 0 saturated carbocycles. The summed E-state index contributed by atoms with van der Waals surface area (Å²) >= 11 is 0. The van der Waals surface area contributed by atoms with Gasteiger partial charge in [-0.15, -0.1) is 0 Å². The van der Waals surface area contributed by atoms with Crippen molar-refractivity contribution in [1.29, 1.82) is 0 Å². The van der Waals surface area contributed by atoms with E-state index < -0.39 is 22.8 Å². The highest BCUT2D eigenvalue weighted by Gasteiger charge is 2.23. The molecule has 1 aliphatic rings. The minimum absolute atomic E-state index is 0.160. The highest BCUT2D eigenvalue weighted by Crippen LogP contribution is 2.30. The van der Waals surface area contributed by atoms with Gasteiger partial charge >= 0.3 is 0 Å². The van der Waals surface area contributed by atoms with Gasteiger partial charge in [0.15, 0.2) is 0 Å². The molecule has 0 aliphatic carbocycles. The molecule has 26 heavy (non-hydrogen) atoms. The molecule has 0 spiro atoms. The third kappa shape index (κ3) is 3.99. The van der Waals surface area contributed by atoms with Crippen LogP contribution in [-0.4, -0.2) is 29.0 Å². The number of rotatable bonds is 4. The number of carbonyl (C=O) groups excluding carboxylic acids is 2. The Bertz CT molecular complexity index is 922. The summed E-state index contributed by atoms with van der Waals surface area (Å²) in [4.78, 5) is 38.7. The van der Waals surface area contributed by atoms with Crippen LogP contribution < -0.4 is 10.6 Å². The van der Waals surface area contributed by atoms with Gasteiger partial charge in [-0.3, -0.25) is 24.7 Å². The van der Waals surface area contributed by atoms with E-state index in [1.165, 1.54) is 30.5 Å². The topological polar surface area (TPSA) is 114 Å². The minimum Gasteiger partial charge on any atom is -0.336 e. The van der Waals surface area contributed by atoms with Crippen LogP contribution in [0.3, 0.4) is 0 Å². The first kappa shape index (κ1) is 17.0. The number of hydrogen-bond donors (Lipinski definition) is 2. The van der Waals surface area contributed by atoms with Crippen molar-refractivity contribution in [2.24, 2.45) is 4.99 Å². The van der Waals surface area contributed by atoms with Crippen LogP contribution in [-0.2, 0) is 9.59 Å². The summed E-state index contributed by atoms with van der Waals surface area (Å²) in [6.07, 6.45) is 4.24. The standard InChI is InChI=1S/C18H14N4O4/c23-17(9-6-12-4-2-1-3-5-12)20-16-11-19-14-8-7-13(22(25)26)10-15(14)21-18(16)24/h1-11,16H,(H,20,23)(H,21,24)/b9-6+/t16-/m0/s1. The van der Waals surface area contributed by atoms with E-state index in [-0.39, 0.29) is 11.4 Å². The molecular weight excluding hydrogens is 336 g/mol. The van der Waals surface area contributed by atoms with E-state index in [1.54, 1.807) is 6.08 Å². The molecule has 2 aromatic rings. The Kier molecular flexibility index (Phi) is 4.84. The first-order chi connectivity index (χ1) is 12.5. The van der Waals surface area contributed by atoms with Gasteiger partial charge in [0.1, 0.15) is 6.04 Å². The van der Waals surface area contributed by atoms with Gasteiger partial charge in [0.05, 0.1) is 16.3 Å². The number of amides is 2. The third-order valence-corrected chi connectivity index (χ3v) is 3.62. The van der Waals surface area contributed by atoms with Crippen LogP contribution in [0.25, 0.3) is 6.08 Å². The molecule has 1 atom stereocenters. The van der Waals surface area contributed by atoms with Crippen LogP contribution in [0.4, 0.5) is 17.1 Å². The second kappa shape index (κ2) is 7.39. The minimum atomic E-state index is -0.991. The zero-order valence-corrected chi connectivity index (χ0v) is 13.5. The van der Waals surface area contributed by atoms with Crippen LogP contribution in [0, 0.1) is 10.1 Å². The number of nitro groups is 1. The fraction of sp³-hybridized carbons (Fsp3) is 0.0556. The number of anilines is 1. The highest BCUT2D eigenvalue weighted by molar-refractivity contribution is 6.11. The summed E-state index contributed by atoms with van der Waals surface area (Å²) < 4.78 is 0. The second-order valence-corrected chi connectivity index (χ2v) is 5.46. The maximum Gasteiger partial charge on any atom is 0.271 e. The van der Waals surface area contributed by atoms with E-state index in [0.717, 1.165) is 5.56 Å². The Balaban J connectivity index is 1.70. The number of fused-ring (bicyclic) bond motifs is 1. The van der Waals surface area contributed by atoms with Crippen molar-refractivity contribution < 1.29 is 14.5 Å². The summed E-state index contributed by atoms with van der Waals surface area (Å²) in [5.74, 6) is -0.994. The Hall–Kier alpha value is -3.81. The third-order valence-electron chi connectivity index (χ3n) is 3.62. The van der Waals surface area contributed by atoms with Gasteiger partial charge in [-0.05, 0) is 17.7 Å². The van der Waals surface area contributed by atoms with Crippen LogP contribution in [0.2, 0.25) is 0 Å². The molecule has 0 bridgehead atoms.